The second-order valence-electron chi connectivity index (χ2n) is 4.98. The van der Waals surface area contributed by atoms with Crippen LogP contribution in [0.2, 0.25) is 0 Å². The number of aliphatic hydroxyl groups excluding tert-OH is 1. The molecule has 1 aromatic rings. The molecule has 1 rings (SSSR count). The van der Waals surface area contributed by atoms with Crippen molar-refractivity contribution in [2.75, 3.05) is 18.5 Å². The van der Waals surface area contributed by atoms with E-state index in [1.54, 1.807) is 6.07 Å². The van der Waals surface area contributed by atoms with Crippen molar-refractivity contribution in [3.63, 3.8) is 0 Å². The fourth-order valence-corrected chi connectivity index (χ4v) is 1.92. The topological polar surface area (TPSA) is 104 Å². The molecule has 116 valence electrons. The van der Waals surface area contributed by atoms with Crippen LogP contribution in [-0.2, 0) is 0 Å². The summed E-state index contributed by atoms with van der Waals surface area (Å²) in [5.41, 5.74) is -0.0658. The second kappa shape index (κ2) is 7.58. The fraction of sp³-hybridized carbons (Fsp3) is 0.500. The number of nitrogens with zero attached hydrogens (tertiary/aromatic N) is 1. The summed E-state index contributed by atoms with van der Waals surface area (Å²) in [5.74, 6) is 0. The number of anilines is 1. The summed E-state index contributed by atoms with van der Waals surface area (Å²) >= 11 is 0. The predicted molar refractivity (Wildman–Crippen MR) is 80.2 cm³/mol. The Balaban J connectivity index is 2.62. The third-order valence-corrected chi connectivity index (χ3v) is 3.77. The third kappa shape index (κ3) is 4.71. The van der Waals surface area contributed by atoms with E-state index in [4.69, 9.17) is 0 Å². The van der Waals surface area contributed by atoms with E-state index in [2.05, 4.69) is 10.6 Å². The van der Waals surface area contributed by atoms with Crippen molar-refractivity contribution in [2.24, 2.45) is 5.41 Å². The lowest BCUT2D eigenvalue weighted by molar-refractivity contribution is -0.384. The summed E-state index contributed by atoms with van der Waals surface area (Å²) in [4.78, 5) is 22.0. The molecule has 21 heavy (non-hydrogen) atoms. The molecule has 0 aliphatic rings. The number of nitro benzene ring substituents is 1. The standard InChI is InChI=1S/C14H21N3O4/c1-3-14(4-2,10-18)9-15-13(19)16-11-6-5-7-12(8-11)17(20)21/h5-8,18H,3-4,9-10H2,1-2H3,(H2,15,16,19). The van der Waals surface area contributed by atoms with Gasteiger partial charge in [0, 0.05) is 29.8 Å². The van der Waals surface area contributed by atoms with Crippen molar-refractivity contribution in [1.29, 1.82) is 0 Å². The zero-order valence-electron chi connectivity index (χ0n) is 12.3. The molecule has 2 amide bonds. The minimum Gasteiger partial charge on any atom is -0.396 e. The van der Waals surface area contributed by atoms with E-state index in [0.29, 0.717) is 12.2 Å². The van der Waals surface area contributed by atoms with Crippen LogP contribution >= 0.6 is 0 Å². The molecule has 1 aromatic carbocycles. The molecule has 0 saturated carbocycles. The maximum atomic E-state index is 11.8. The number of nitrogens with one attached hydrogen (secondary N) is 2. The van der Waals surface area contributed by atoms with Gasteiger partial charge in [0.15, 0.2) is 0 Å². The van der Waals surface area contributed by atoms with Gasteiger partial charge in [-0.05, 0) is 18.9 Å². The van der Waals surface area contributed by atoms with Gasteiger partial charge in [-0.1, -0.05) is 19.9 Å². The van der Waals surface area contributed by atoms with Crippen molar-refractivity contribution >= 4 is 17.4 Å². The monoisotopic (exact) mass is 295 g/mol. The van der Waals surface area contributed by atoms with E-state index in [1.807, 2.05) is 13.8 Å². The van der Waals surface area contributed by atoms with Crippen LogP contribution in [0.3, 0.4) is 0 Å². The Morgan fingerprint density at radius 2 is 2.05 bits per heavy atom. The highest BCUT2D eigenvalue weighted by atomic mass is 16.6. The first-order valence-electron chi connectivity index (χ1n) is 6.86. The minimum absolute atomic E-state index is 0.00289. The van der Waals surface area contributed by atoms with Crippen LogP contribution in [0.1, 0.15) is 26.7 Å². The first-order valence-corrected chi connectivity index (χ1v) is 6.86. The number of benzene rings is 1. The van der Waals surface area contributed by atoms with Crippen molar-refractivity contribution in [2.45, 2.75) is 26.7 Å². The van der Waals surface area contributed by atoms with Crippen molar-refractivity contribution in [1.82, 2.24) is 5.32 Å². The number of carbonyl (C=O) groups excluding carboxylic acids is 1. The number of nitro groups is 1. The fourth-order valence-electron chi connectivity index (χ4n) is 1.92. The SMILES string of the molecule is CCC(CC)(CO)CNC(=O)Nc1cccc([N+](=O)[O-])c1. The van der Waals surface area contributed by atoms with Gasteiger partial charge in [-0.2, -0.15) is 0 Å². The van der Waals surface area contributed by atoms with Crippen molar-refractivity contribution < 1.29 is 14.8 Å². The summed E-state index contributed by atoms with van der Waals surface area (Å²) in [6, 6.07) is 5.28. The molecule has 0 bridgehead atoms. The normalized spacial score (nSPS) is 11.0. The summed E-state index contributed by atoms with van der Waals surface area (Å²) in [7, 11) is 0. The predicted octanol–water partition coefficient (Wildman–Crippen LogP) is 2.52. The molecule has 0 saturated heterocycles. The number of hydrogen-bond acceptors (Lipinski definition) is 4. The molecular weight excluding hydrogens is 274 g/mol. The van der Waals surface area contributed by atoms with Crippen LogP contribution in [-0.4, -0.2) is 29.2 Å². The number of hydrogen-bond donors (Lipinski definition) is 3. The Morgan fingerprint density at radius 1 is 1.38 bits per heavy atom. The molecule has 7 heteroatoms. The molecule has 0 heterocycles. The van der Waals surface area contributed by atoms with E-state index >= 15 is 0 Å². The average Bonchev–Trinajstić information content (AvgIpc) is 2.49. The zero-order valence-corrected chi connectivity index (χ0v) is 12.3. The highest BCUT2D eigenvalue weighted by Crippen LogP contribution is 2.24. The Kier molecular flexibility index (Phi) is 6.10. The van der Waals surface area contributed by atoms with Gasteiger partial charge in [-0.3, -0.25) is 10.1 Å². The van der Waals surface area contributed by atoms with Gasteiger partial charge in [0.2, 0.25) is 0 Å². The van der Waals surface area contributed by atoms with Crippen LogP contribution in [0.4, 0.5) is 16.2 Å². The first kappa shape index (κ1) is 16.9. The zero-order chi connectivity index (χ0) is 15.9. The Bertz CT molecular complexity index is 492. The minimum atomic E-state index is -0.520. The quantitative estimate of drug-likeness (QED) is 0.531. The lowest BCUT2D eigenvalue weighted by atomic mass is 9.83. The maximum Gasteiger partial charge on any atom is 0.319 e. The molecule has 0 aromatic heterocycles. The number of amides is 2. The van der Waals surface area contributed by atoms with Gasteiger partial charge < -0.3 is 15.7 Å². The van der Waals surface area contributed by atoms with Crippen molar-refractivity contribution in [3.05, 3.63) is 34.4 Å². The molecular formula is C14H21N3O4. The molecule has 0 unspecified atom stereocenters. The molecule has 0 radical (unpaired) electrons. The molecule has 0 fully saturated rings. The Morgan fingerprint density at radius 3 is 2.57 bits per heavy atom. The molecule has 7 nitrogen and oxygen atoms in total. The van der Waals surface area contributed by atoms with E-state index < -0.39 is 11.0 Å². The highest BCUT2D eigenvalue weighted by Gasteiger charge is 2.25. The molecule has 0 atom stereocenters. The molecule has 3 N–H and O–H groups in total. The number of non-ortho nitro benzene ring substituents is 1. The van der Waals surface area contributed by atoms with E-state index in [0.717, 1.165) is 12.8 Å². The second-order valence-corrected chi connectivity index (χ2v) is 4.98. The van der Waals surface area contributed by atoms with Gasteiger partial charge in [0.05, 0.1) is 11.5 Å². The largest absolute Gasteiger partial charge is 0.396 e. The van der Waals surface area contributed by atoms with Crippen LogP contribution < -0.4 is 10.6 Å². The van der Waals surface area contributed by atoms with Gasteiger partial charge in [-0.15, -0.1) is 0 Å². The van der Waals surface area contributed by atoms with E-state index in [-0.39, 0.29) is 17.7 Å². The summed E-state index contributed by atoms with van der Waals surface area (Å²) in [5, 5.41) is 25.3. The molecule has 0 spiro atoms. The van der Waals surface area contributed by atoms with Gasteiger partial charge in [0.1, 0.15) is 0 Å². The number of carbonyl (C=O) groups is 1. The van der Waals surface area contributed by atoms with E-state index in [1.165, 1.54) is 18.2 Å². The van der Waals surface area contributed by atoms with E-state index in [9.17, 15) is 20.0 Å². The molecule has 0 aliphatic heterocycles. The van der Waals surface area contributed by atoms with Gasteiger partial charge in [0.25, 0.3) is 5.69 Å². The summed E-state index contributed by atoms with van der Waals surface area (Å²) in [6.45, 7) is 4.26. The Hall–Kier alpha value is -2.15. The average molecular weight is 295 g/mol. The van der Waals surface area contributed by atoms with Crippen molar-refractivity contribution in [3.8, 4) is 0 Å². The number of rotatable bonds is 7. The summed E-state index contributed by atoms with van der Waals surface area (Å²) in [6.07, 6.45) is 1.49. The number of aliphatic hydroxyl groups is 1. The highest BCUT2D eigenvalue weighted by molar-refractivity contribution is 5.89. The molecule has 0 aliphatic carbocycles. The van der Waals surface area contributed by atoms with Gasteiger partial charge >= 0.3 is 6.03 Å². The smallest absolute Gasteiger partial charge is 0.319 e. The summed E-state index contributed by atoms with van der Waals surface area (Å²) < 4.78 is 0. The Labute approximate surface area is 123 Å². The van der Waals surface area contributed by atoms with Crippen LogP contribution in [0.5, 0.6) is 0 Å². The maximum absolute atomic E-state index is 11.8. The first-order chi connectivity index (χ1) is 9.96. The lowest BCUT2D eigenvalue weighted by Crippen LogP contribution is -2.41. The lowest BCUT2D eigenvalue weighted by Gasteiger charge is -2.29. The van der Waals surface area contributed by atoms with Crippen LogP contribution in [0.25, 0.3) is 0 Å². The van der Waals surface area contributed by atoms with Gasteiger partial charge in [-0.25, -0.2) is 4.79 Å². The van der Waals surface area contributed by atoms with Crippen LogP contribution in [0.15, 0.2) is 24.3 Å². The van der Waals surface area contributed by atoms with Crippen LogP contribution in [0, 0.1) is 15.5 Å². The number of urea groups is 1. The third-order valence-electron chi connectivity index (χ3n) is 3.77.